The Bertz CT molecular complexity index is 651. The first-order valence-electron chi connectivity index (χ1n) is 13.1. The van der Waals surface area contributed by atoms with Gasteiger partial charge in [0.15, 0.2) is 0 Å². The van der Waals surface area contributed by atoms with Crippen LogP contribution in [-0.4, -0.2) is 12.6 Å². The lowest BCUT2D eigenvalue weighted by molar-refractivity contribution is -0.136. The van der Waals surface area contributed by atoms with Crippen LogP contribution in [0.4, 0.5) is 0 Å². The molecule has 0 spiro atoms. The van der Waals surface area contributed by atoms with Crippen LogP contribution < -0.4 is 0 Å². The summed E-state index contributed by atoms with van der Waals surface area (Å²) in [6.07, 6.45) is 17.2. The van der Waals surface area contributed by atoms with Gasteiger partial charge in [0.25, 0.3) is 6.47 Å². The van der Waals surface area contributed by atoms with Gasteiger partial charge in [0.1, 0.15) is 6.10 Å². The Labute approximate surface area is 185 Å². The van der Waals surface area contributed by atoms with Crippen LogP contribution in [0.3, 0.4) is 0 Å². The molecule has 0 aromatic carbocycles. The number of carbonyl (C=O) groups excluding carboxylic acids is 1. The van der Waals surface area contributed by atoms with Crippen LogP contribution in [0.1, 0.15) is 105 Å². The van der Waals surface area contributed by atoms with E-state index in [0.717, 1.165) is 48.3 Å². The Hall–Kier alpha value is -0.790. The molecule has 8 atom stereocenters. The molecule has 4 aliphatic rings. The number of carbonyl (C=O) groups is 1. The summed E-state index contributed by atoms with van der Waals surface area (Å²) in [4.78, 5) is 10.8. The molecular formula is C28H46O2. The van der Waals surface area contributed by atoms with E-state index in [2.05, 4.69) is 40.7 Å². The topological polar surface area (TPSA) is 26.3 Å². The van der Waals surface area contributed by atoms with Crippen LogP contribution in [0.25, 0.3) is 0 Å². The van der Waals surface area contributed by atoms with Gasteiger partial charge in [0.2, 0.25) is 0 Å². The summed E-state index contributed by atoms with van der Waals surface area (Å²) in [5, 5.41) is 0. The van der Waals surface area contributed by atoms with Gasteiger partial charge < -0.3 is 4.74 Å². The third-order valence-corrected chi connectivity index (χ3v) is 10.5. The molecule has 0 aromatic rings. The molecule has 0 aromatic heterocycles. The molecule has 2 heteroatoms. The Morgan fingerprint density at radius 3 is 2.60 bits per heavy atom. The normalized spacial score (nSPS) is 43.9. The highest BCUT2D eigenvalue weighted by atomic mass is 16.5. The van der Waals surface area contributed by atoms with Crippen molar-refractivity contribution in [2.75, 3.05) is 0 Å². The summed E-state index contributed by atoms with van der Waals surface area (Å²) in [5.74, 6) is 5.32. The molecule has 0 N–H and O–H groups in total. The van der Waals surface area contributed by atoms with Crippen molar-refractivity contribution in [3.05, 3.63) is 11.6 Å². The van der Waals surface area contributed by atoms with Crippen LogP contribution in [0.2, 0.25) is 0 Å². The molecule has 170 valence electrons. The summed E-state index contributed by atoms with van der Waals surface area (Å²) < 4.78 is 5.36. The smallest absolute Gasteiger partial charge is 0.293 e. The van der Waals surface area contributed by atoms with Gasteiger partial charge in [-0.15, -0.1) is 0 Å². The molecule has 30 heavy (non-hydrogen) atoms. The fourth-order valence-electron chi connectivity index (χ4n) is 8.85. The molecule has 0 aliphatic heterocycles. The van der Waals surface area contributed by atoms with Crippen molar-refractivity contribution in [1.82, 2.24) is 0 Å². The molecule has 3 fully saturated rings. The van der Waals surface area contributed by atoms with Gasteiger partial charge in [0, 0.05) is 6.42 Å². The Morgan fingerprint density at radius 2 is 1.87 bits per heavy atom. The fourth-order valence-corrected chi connectivity index (χ4v) is 8.85. The van der Waals surface area contributed by atoms with Gasteiger partial charge in [-0.3, -0.25) is 4.79 Å². The maximum absolute atomic E-state index is 10.8. The van der Waals surface area contributed by atoms with Crippen molar-refractivity contribution in [2.24, 2.45) is 46.3 Å². The molecule has 2 unspecified atom stereocenters. The van der Waals surface area contributed by atoms with Crippen LogP contribution in [0.15, 0.2) is 11.6 Å². The lowest BCUT2D eigenvalue weighted by atomic mass is 9.47. The highest BCUT2D eigenvalue weighted by molar-refractivity contribution is 5.38. The predicted octanol–water partition coefficient (Wildman–Crippen LogP) is 7.57. The van der Waals surface area contributed by atoms with E-state index in [4.69, 9.17) is 4.74 Å². The highest BCUT2D eigenvalue weighted by Gasteiger charge is 2.59. The van der Waals surface area contributed by atoms with Gasteiger partial charge in [-0.05, 0) is 91.3 Å². The van der Waals surface area contributed by atoms with Crippen LogP contribution in [0.5, 0.6) is 0 Å². The number of hydrogen-bond donors (Lipinski definition) is 0. The van der Waals surface area contributed by atoms with Crippen LogP contribution >= 0.6 is 0 Å². The molecular weight excluding hydrogens is 368 g/mol. The largest absolute Gasteiger partial charge is 0.464 e. The molecule has 0 heterocycles. The van der Waals surface area contributed by atoms with Gasteiger partial charge in [-0.1, -0.05) is 65.5 Å². The summed E-state index contributed by atoms with van der Waals surface area (Å²) >= 11 is 0. The number of ether oxygens (including phenoxy) is 1. The summed E-state index contributed by atoms with van der Waals surface area (Å²) in [7, 11) is 0. The van der Waals surface area contributed by atoms with Crippen molar-refractivity contribution in [1.29, 1.82) is 0 Å². The van der Waals surface area contributed by atoms with Crippen molar-refractivity contribution in [3.63, 3.8) is 0 Å². The minimum atomic E-state index is 0.120. The van der Waals surface area contributed by atoms with Gasteiger partial charge >= 0.3 is 0 Å². The maximum Gasteiger partial charge on any atom is 0.293 e. The molecule has 0 saturated heterocycles. The number of rotatable bonds is 7. The molecule has 4 rings (SSSR count). The average molecular weight is 415 g/mol. The van der Waals surface area contributed by atoms with E-state index in [1.807, 2.05) is 0 Å². The van der Waals surface area contributed by atoms with Crippen LogP contribution in [-0.2, 0) is 9.53 Å². The Morgan fingerprint density at radius 1 is 1.07 bits per heavy atom. The quantitative estimate of drug-likeness (QED) is 0.317. The number of hydrogen-bond acceptors (Lipinski definition) is 2. The molecule has 4 aliphatic carbocycles. The number of allylic oxidation sites excluding steroid dienone is 1. The van der Waals surface area contributed by atoms with E-state index in [0.29, 0.717) is 17.3 Å². The van der Waals surface area contributed by atoms with E-state index >= 15 is 0 Å². The second-order valence-corrected chi connectivity index (χ2v) is 12.4. The van der Waals surface area contributed by atoms with Crippen molar-refractivity contribution in [3.8, 4) is 0 Å². The van der Waals surface area contributed by atoms with Gasteiger partial charge in [0.05, 0.1) is 0 Å². The Kier molecular flexibility index (Phi) is 6.44. The fraction of sp³-hybridized carbons (Fsp3) is 0.893. The van der Waals surface area contributed by atoms with E-state index in [-0.39, 0.29) is 6.10 Å². The van der Waals surface area contributed by atoms with Crippen LogP contribution in [0, 0.1) is 46.3 Å². The molecule has 0 amide bonds. The zero-order chi connectivity index (χ0) is 21.5. The molecule has 0 radical (unpaired) electrons. The third kappa shape index (κ3) is 3.79. The van der Waals surface area contributed by atoms with Crippen molar-refractivity contribution >= 4 is 6.47 Å². The first kappa shape index (κ1) is 22.4. The minimum Gasteiger partial charge on any atom is -0.464 e. The van der Waals surface area contributed by atoms with Crippen molar-refractivity contribution < 1.29 is 9.53 Å². The average Bonchev–Trinajstić information content (AvgIpc) is 3.05. The minimum absolute atomic E-state index is 0.120. The lowest BCUT2D eigenvalue weighted by Crippen LogP contribution is -2.51. The summed E-state index contributed by atoms with van der Waals surface area (Å²) in [5.41, 5.74) is 2.54. The molecule has 0 bridgehead atoms. The van der Waals surface area contributed by atoms with E-state index in [9.17, 15) is 4.79 Å². The van der Waals surface area contributed by atoms with E-state index < -0.39 is 0 Å². The summed E-state index contributed by atoms with van der Waals surface area (Å²) in [6, 6.07) is 0. The van der Waals surface area contributed by atoms with E-state index in [1.165, 1.54) is 57.8 Å². The maximum atomic E-state index is 10.8. The van der Waals surface area contributed by atoms with Crippen molar-refractivity contribution in [2.45, 2.75) is 111 Å². The second kappa shape index (κ2) is 8.62. The molecule has 3 saturated carbocycles. The lowest BCUT2D eigenvalue weighted by Gasteiger charge is -2.58. The predicted molar refractivity (Wildman–Crippen MR) is 124 cm³/mol. The summed E-state index contributed by atoms with van der Waals surface area (Å²) in [6.45, 7) is 13.2. The standard InChI is InChI=1S/C28H46O2/c1-19(2)7-6-8-20(3)24-11-12-25-23-10-9-21-17-22(30-18-29)13-15-27(21,4)26(23)14-16-28(24,25)5/h9,18-20,22-26H,6-8,10-17H2,1-5H3/t20-,22+,23+,24-,25?,26?,27+,28-/m1/s1. The zero-order valence-electron chi connectivity index (χ0n) is 20.3. The van der Waals surface area contributed by atoms with E-state index in [1.54, 1.807) is 5.57 Å². The third-order valence-electron chi connectivity index (χ3n) is 10.5. The number of fused-ring (bicyclic) bond motifs is 5. The van der Waals surface area contributed by atoms with Gasteiger partial charge in [-0.2, -0.15) is 0 Å². The molecule has 2 nitrogen and oxygen atoms in total. The first-order chi connectivity index (χ1) is 14.3. The second-order valence-electron chi connectivity index (χ2n) is 12.4. The zero-order valence-corrected chi connectivity index (χ0v) is 20.3. The van der Waals surface area contributed by atoms with Gasteiger partial charge in [-0.25, -0.2) is 0 Å². The first-order valence-corrected chi connectivity index (χ1v) is 13.1. The SMILES string of the molecule is CC(C)CCC[C@@H](C)[C@H]1CCC2[C@@H]3CC=C4C[C@@H](OC=O)CC[C@]4(C)C3CC[C@@]21C. The monoisotopic (exact) mass is 414 g/mol. The Balaban J connectivity index is 1.47. The highest BCUT2D eigenvalue weighted by Crippen LogP contribution is 2.67.